The second kappa shape index (κ2) is 11.8. The molecule has 6 nitrogen and oxygen atoms in total. The highest BCUT2D eigenvalue weighted by Gasteiger charge is 2.41. The van der Waals surface area contributed by atoms with Gasteiger partial charge in [-0.25, -0.2) is 0 Å². The second-order valence-electron chi connectivity index (χ2n) is 7.13. The molecular formula is C21H29NO5S. The Balaban J connectivity index is 1.75. The predicted molar refractivity (Wildman–Crippen MR) is 111 cm³/mol. The summed E-state index contributed by atoms with van der Waals surface area (Å²) in [6.07, 6.45) is 5.05. The first-order chi connectivity index (χ1) is 13.5. The lowest BCUT2D eigenvalue weighted by molar-refractivity contribution is -0.137. The highest BCUT2D eigenvalue weighted by molar-refractivity contribution is 7.80. The van der Waals surface area contributed by atoms with E-state index < -0.39 is 18.2 Å². The number of carboxylic acids is 1. The summed E-state index contributed by atoms with van der Waals surface area (Å²) in [5.74, 6) is -1.10. The van der Waals surface area contributed by atoms with Gasteiger partial charge >= 0.3 is 5.97 Å². The molecule has 2 unspecified atom stereocenters. The van der Waals surface area contributed by atoms with E-state index in [9.17, 15) is 15.0 Å². The first-order valence-corrected chi connectivity index (χ1v) is 10.1. The minimum atomic E-state index is -0.795. The summed E-state index contributed by atoms with van der Waals surface area (Å²) >= 11 is 5.21. The molecule has 0 radical (unpaired) electrons. The maximum absolute atomic E-state index is 10.5. The number of hydrogen-bond acceptors (Lipinski definition) is 5. The molecule has 154 valence electrons. The zero-order valence-electron chi connectivity index (χ0n) is 15.9. The normalized spacial score (nSPS) is 24.4. The number of unbranched alkanes of at least 4 members (excludes halogenated alkanes) is 1. The number of aliphatic carboxylic acids is 1. The van der Waals surface area contributed by atoms with Crippen LogP contribution in [0, 0.1) is 11.8 Å². The number of thiocarbonyl (C=S) groups is 1. The Hall–Kier alpha value is -1.96. The van der Waals surface area contributed by atoms with Crippen molar-refractivity contribution < 1.29 is 24.9 Å². The van der Waals surface area contributed by atoms with E-state index in [0.717, 1.165) is 5.56 Å². The summed E-state index contributed by atoms with van der Waals surface area (Å²) in [5, 5.41) is 32.5. The first-order valence-electron chi connectivity index (χ1n) is 9.65. The first kappa shape index (κ1) is 22.3. The highest BCUT2D eigenvalue weighted by atomic mass is 32.1. The summed E-state index contributed by atoms with van der Waals surface area (Å²) < 4.78 is 5.63. The number of nitrogens with one attached hydrogen (secondary N) is 1. The predicted octanol–water partition coefficient (Wildman–Crippen LogP) is 2.64. The number of aliphatic hydroxyl groups is 2. The molecule has 0 amide bonds. The van der Waals surface area contributed by atoms with Gasteiger partial charge in [0.1, 0.15) is 0 Å². The van der Waals surface area contributed by atoms with E-state index >= 15 is 0 Å². The van der Waals surface area contributed by atoms with Gasteiger partial charge in [0.05, 0.1) is 18.8 Å². The Bertz CT molecular complexity index is 651. The third-order valence-corrected chi connectivity index (χ3v) is 5.31. The Morgan fingerprint density at radius 1 is 1.18 bits per heavy atom. The lowest BCUT2D eigenvalue weighted by Crippen LogP contribution is -2.31. The molecule has 0 spiro atoms. The zero-order valence-corrected chi connectivity index (χ0v) is 16.7. The fraction of sp³-hybridized carbons (Fsp3) is 0.524. The number of allylic oxidation sites excluding steroid dienone is 2. The van der Waals surface area contributed by atoms with Gasteiger partial charge in [-0.2, -0.15) is 0 Å². The van der Waals surface area contributed by atoms with Crippen LogP contribution in [0.25, 0.3) is 0 Å². The summed E-state index contributed by atoms with van der Waals surface area (Å²) in [4.78, 5) is 10.5. The number of carbonyl (C=O) groups is 1. The molecule has 0 aliphatic heterocycles. The lowest BCUT2D eigenvalue weighted by atomic mass is 9.91. The van der Waals surface area contributed by atoms with Gasteiger partial charge in [-0.3, -0.25) is 4.79 Å². The third-order valence-electron chi connectivity index (χ3n) is 5.04. The Morgan fingerprint density at radius 3 is 2.61 bits per heavy atom. The van der Waals surface area contributed by atoms with E-state index in [1.54, 1.807) is 0 Å². The molecular weight excluding hydrogens is 378 g/mol. The molecule has 0 heterocycles. The van der Waals surface area contributed by atoms with Gasteiger partial charge in [-0.1, -0.05) is 42.5 Å². The van der Waals surface area contributed by atoms with Crippen LogP contribution >= 0.6 is 12.2 Å². The molecule has 7 heteroatoms. The van der Waals surface area contributed by atoms with Gasteiger partial charge in [-0.05, 0) is 49.4 Å². The number of hydrogen-bond donors (Lipinski definition) is 4. The standard InChI is InChI=1S/C21H29NO5S/c23-18-12-19(24)17(16(18)10-6-1-2-7-11-20(25)26)14-27-21(28)22-13-15-8-4-3-5-9-15/h1,3-6,8-9,16-19,23-24H,2,7,10-14H2,(H,22,28)(H,25,26)/t16-,17-,18?,19?/m1/s1. The van der Waals surface area contributed by atoms with Crippen LogP contribution in [-0.2, 0) is 16.1 Å². The van der Waals surface area contributed by atoms with Crippen LogP contribution < -0.4 is 5.32 Å². The van der Waals surface area contributed by atoms with Crippen LogP contribution in [0.2, 0.25) is 0 Å². The van der Waals surface area contributed by atoms with Gasteiger partial charge in [0.25, 0.3) is 5.17 Å². The van der Waals surface area contributed by atoms with Gasteiger partial charge in [-0.15, -0.1) is 0 Å². The van der Waals surface area contributed by atoms with Crippen molar-refractivity contribution in [3.8, 4) is 0 Å². The van der Waals surface area contributed by atoms with E-state index in [2.05, 4.69) is 5.32 Å². The van der Waals surface area contributed by atoms with Crippen LogP contribution in [-0.4, -0.2) is 45.3 Å². The number of aliphatic hydroxyl groups excluding tert-OH is 2. The number of benzene rings is 1. The maximum atomic E-state index is 10.5. The van der Waals surface area contributed by atoms with Crippen molar-refractivity contribution in [3.63, 3.8) is 0 Å². The average Bonchev–Trinajstić information content (AvgIpc) is 2.94. The number of carboxylic acid groups (broad SMARTS) is 1. The fourth-order valence-electron chi connectivity index (χ4n) is 3.47. The number of rotatable bonds is 10. The topological polar surface area (TPSA) is 99.0 Å². The van der Waals surface area contributed by atoms with Crippen LogP contribution in [0.1, 0.15) is 37.7 Å². The zero-order chi connectivity index (χ0) is 20.4. The molecule has 2 rings (SSSR count). The van der Waals surface area contributed by atoms with E-state index in [1.165, 1.54) is 0 Å². The summed E-state index contributed by atoms with van der Waals surface area (Å²) in [6, 6.07) is 9.84. The van der Waals surface area contributed by atoms with Crippen LogP contribution in [0.3, 0.4) is 0 Å². The van der Waals surface area contributed by atoms with Gasteiger partial charge in [0.15, 0.2) is 0 Å². The molecule has 0 bridgehead atoms. The largest absolute Gasteiger partial charge is 0.481 e. The highest BCUT2D eigenvalue weighted by Crippen LogP contribution is 2.35. The van der Waals surface area contributed by atoms with Crippen molar-refractivity contribution in [1.82, 2.24) is 5.32 Å². The second-order valence-corrected chi connectivity index (χ2v) is 7.50. The van der Waals surface area contributed by atoms with E-state index in [1.807, 2.05) is 42.5 Å². The smallest absolute Gasteiger partial charge is 0.303 e. The molecule has 1 aromatic rings. The molecule has 1 aliphatic carbocycles. The summed E-state index contributed by atoms with van der Waals surface area (Å²) in [5.41, 5.74) is 1.09. The summed E-state index contributed by atoms with van der Waals surface area (Å²) in [6.45, 7) is 0.814. The molecule has 4 N–H and O–H groups in total. The molecule has 0 aromatic heterocycles. The van der Waals surface area contributed by atoms with Crippen molar-refractivity contribution in [2.24, 2.45) is 11.8 Å². The van der Waals surface area contributed by atoms with Crippen molar-refractivity contribution >= 4 is 23.4 Å². The molecule has 1 aromatic carbocycles. The molecule has 28 heavy (non-hydrogen) atoms. The van der Waals surface area contributed by atoms with Crippen LogP contribution in [0.15, 0.2) is 42.5 Å². The summed E-state index contributed by atoms with van der Waals surface area (Å²) in [7, 11) is 0. The van der Waals surface area contributed by atoms with Crippen molar-refractivity contribution in [2.75, 3.05) is 6.61 Å². The minimum absolute atomic E-state index is 0.109. The molecule has 4 atom stereocenters. The van der Waals surface area contributed by atoms with Crippen LogP contribution in [0.4, 0.5) is 0 Å². The Morgan fingerprint density at radius 2 is 1.89 bits per heavy atom. The Labute approximate surface area is 171 Å². The SMILES string of the molecule is O=C(O)CCCC=CC[C@H]1C(O)CC(O)[C@@H]1COC(=S)NCc1ccccc1. The van der Waals surface area contributed by atoms with Gasteiger partial charge in [0.2, 0.25) is 0 Å². The average molecular weight is 408 g/mol. The van der Waals surface area contributed by atoms with Crippen molar-refractivity contribution in [1.29, 1.82) is 0 Å². The van der Waals surface area contributed by atoms with E-state index in [4.69, 9.17) is 22.1 Å². The maximum Gasteiger partial charge on any atom is 0.303 e. The lowest BCUT2D eigenvalue weighted by Gasteiger charge is -2.23. The van der Waals surface area contributed by atoms with Gasteiger partial charge in [0, 0.05) is 18.9 Å². The van der Waals surface area contributed by atoms with Gasteiger partial charge < -0.3 is 25.4 Å². The van der Waals surface area contributed by atoms with Crippen molar-refractivity contribution in [2.45, 2.75) is 50.9 Å². The molecule has 1 fully saturated rings. The van der Waals surface area contributed by atoms with E-state index in [0.29, 0.717) is 32.2 Å². The number of ether oxygens (including phenoxy) is 1. The molecule has 1 aliphatic rings. The fourth-order valence-corrected chi connectivity index (χ4v) is 3.61. The quantitative estimate of drug-likeness (QED) is 0.269. The van der Waals surface area contributed by atoms with Crippen LogP contribution in [0.5, 0.6) is 0 Å². The Kier molecular flexibility index (Phi) is 9.40. The molecule has 1 saturated carbocycles. The molecule has 0 saturated heterocycles. The monoisotopic (exact) mass is 407 g/mol. The van der Waals surface area contributed by atoms with Crippen molar-refractivity contribution in [3.05, 3.63) is 48.0 Å². The minimum Gasteiger partial charge on any atom is -0.481 e. The van der Waals surface area contributed by atoms with E-state index in [-0.39, 0.29) is 30.0 Å². The third kappa shape index (κ3) is 7.58.